The predicted molar refractivity (Wildman–Crippen MR) is 36.6 cm³/mol. The van der Waals surface area contributed by atoms with E-state index in [0.717, 1.165) is 11.6 Å². The summed E-state index contributed by atoms with van der Waals surface area (Å²) in [5.74, 6) is -0.413. The maximum Gasteiger partial charge on any atom is 0.132 e. The molecule has 2 nitrogen and oxygen atoms in total. The quantitative estimate of drug-likeness (QED) is 0.614. The van der Waals surface area contributed by atoms with Gasteiger partial charge in [-0.2, -0.15) is 0 Å². The van der Waals surface area contributed by atoms with Crippen molar-refractivity contribution in [2.75, 3.05) is 0 Å². The van der Waals surface area contributed by atoms with E-state index in [1.807, 2.05) is 0 Å². The number of hydrogen-bond acceptors (Lipinski definition) is 2. The summed E-state index contributed by atoms with van der Waals surface area (Å²) >= 11 is 0. The van der Waals surface area contributed by atoms with Gasteiger partial charge in [0.1, 0.15) is 11.6 Å². The lowest BCUT2D eigenvalue weighted by Crippen LogP contribution is -1.87. The molecule has 0 atom stereocenters. The maximum absolute atomic E-state index is 12.9. The topological polar surface area (TPSA) is 29.5 Å². The molecule has 11 heavy (non-hydrogen) atoms. The lowest BCUT2D eigenvalue weighted by molar-refractivity contribution is 0.133. The molecule has 1 aromatic carbocycles. The molecule has 0 bridgehead atoms. The molecule has 0 amide bonds. The Bertz CT molecular complexity index is 296. The molecule has 0 spiro atoms. The molecule has 0 fully saturated rings. The molecular formula is C8H7FO2. The second kappa shape index (κ2) is 2.20. The number of benzene rings is 1. The first-order valence-corrected chi connectivity index (χ1v) is 3.35. The van der Waals surface area contributed by atoms with Gasteiger partial charge in [0.25, 0.3) is 0 Å². The Morgan fingerprint density at radius 2 is 2.18 bits per heavy atom. The second-order valence-electron chi connectivity index (χ2n) is 2.56. The number of hydrogen-bond donors (Lipinski definition) is 1. The molecule has 1 aromatic rings. The summed E-state index contributed by atoms with van der Waals surface area (Å²) in [7, 11) is 0. The minimum atomic E-state index is -0.377. The monoisotopic (exact) mass is 154 g/mol. The van der Waals surface area contributed by atoms with Crippen molar-refractivity contribution in [3.63, 3.8) is 0 Å². The van der Waals surface area contributed by atoms with Crippen molar-refractivity contribution >= 4 is 0 Å². The van der Waals surface area contributed by atoms with Crippen LogP contribution in [0.5, 0.6) is 5.75 Å². The van der Waals surface area contributed by atoms with Crippen molar-refractivity contribution in [1.29, 1.82) is 0 Å². The minimum absolute atomic E-state index is 0.0354. The standard InChI is InChI=1S/C8H7FO2/c9-8-2-6(10)1-5-3-11-4-7(5)8/h1-2,10H,3-4H2. The van der Waals surface area contributed by atoms with E-state index in [1.165, 1.54) is 6.07 Å². The van der Waals surface area contributed by atoms with E-state index in [4.69, 9.17) is 9.84 Å². The highest BCUT2D eigenvalue weighted by Gasteiger charge is 2.16. The third-order valence-electron chi connectivity index (χ3n) is 1.78. The van der Waals surface area contributed by atoms with Gasteiger partial charge in [0, 0.05) is 11.6 Å². The van der Waals surface area contributed by atoms with E-state index in [0.29, 0.717) is 18.8 Å². The van der Waals surface area contributed by atoms with Crippen molar-refractivity contribution in [2.24, 2.45) is 0 Å². The zero-order valence-corrected chi connectivity index (χ0v) is 5.80. The number of halogens is 1. The molecule has 1 N–H and O–H groups in total. The number of fused-ring (bicyclic) bond motifs is 1. The molecular weight excluding hydrogens is 147 g/mol. The van der Waals surface area contributed by atoms with Crippen molar-refractivity contribution in [3.8, 4) is 5.75 Å². The summed E-state index contributed by atoms with van der Waals surface area (Å²) in [6.07, 6.45) is 0. The van der Waals surface area contributed by atoms with Crippen LogP contribution in [0.25, 0.3) is 0 Å². The Labute approximate surface area is 63.2 Å². The Balaban J connectivity index is 2.60. The molecule has 0 saturated heterocycles. The molecule has 2 rings (SSSR count). The van der Waals surface area contributed by atoms with Gasteiger partial charge in [-0.15, -0.1) is 0 Å². The highest BCUT2D eigenvalue weighted by atomic mass is 19.1. The maximum atomic E-state index is 12.9. The van der Waals surface area contributed by atoms with E-state index < -0.39 is 0 Å². The fraction of sp³-hybridized carbons (Fsp3) is 0.250. The van der Waals surface area contributed by atoms with Gasteiger partial charge in [0.2, 0.25) is 0 Å². The van der Waals surface area contributed by atoms with Gasteiger partial charge in [-0.25, -0.2) is 4.39 Å². The van der Waals surface area contributed by atoms with Gasteiger partial charge in [-0.05, 0) is 11.6 Å². The van der Waals surface area contributed by atoms with Crippen LogP contribution in [0.4, 0.5) is 4.39 Å². The summed E-state index contributed by atoms with van der Waals surface area (Å²) in [6.45, 7) is 0.724. The third-order valence-corrected chi connectivity index (χ3v) is 1.78. The Kier molecular flexibility index (Phi) is 1.32. The molecule has 3 heteroatoms. The van der Waals surface area contributed by atoms with Crippen LogP contribution < -0.4 is 0 Å². The highest BCUT2D eigenvalue weighted by molar-refractivity contribution is 5.36. The third kappa shape index (κ3) is 0.973. The van der Waals surface area contributed by atoms with E-state index >= 15 is 0 Å². The summed E-state index contributed by atoms with van der Waals surface area (Å²) < 4.78 is 17.9. The number of phenols is 1. The Hall–Kier alpha value is -1.09. The summed E-state index contributed by atoms with van der Waals surface area (Å²) in [6, 6.07) is 2.64. The fourth-order valence-electron chi connectivity index (χ4n) is 1.23. The van der Waals surface area contributed by atoms with Gasteiger partial charge in [-0.1, -0.05) is 0 Å². The number of aromatic hydroxyl groups is 1. The largest absolute Gasteiger partial charge is 0.508 e. The zero-order valence-electron chi connectivity index (χ0n) is 5.80. The van der Waals surface area contributed by atoms with Gasteiger partial charge >= 0.3 is 0 Å². The molecule has 1 heterocycles. The van der Waals surface area contributed by atoms with Crippen molar-refractivity contribution in [3.05, 3.63) is 29.1 Å². The van der Waals surface area contributed by atoms with E-state index in [9.17, 15) is 4.39 Å². The minimum Gasteiger partial charge on any atom is -0.508 e. The molecule has 0 saturated carbocycles. The van der Waals surface area contributed by atoms with Gasteiger partial charge in [-0.3, -0.25) is 0 Å². The Morgan fingerprint density at radius 3 is 3.00 bits per heavy atom. The first-order valence-electron chi connectivity index (χ1n) is 3.35. The average molecular weight is 154 g/mol. The van der Waals surface area contributed by atoms with Crippen LogP contribution in [0.3, 0.4) is 0 Å². The van der Waals surface area contributed by atoms with Crippen LogP contribution in [0.15, 0.2) is 12.1 Å². The fourth-order valence-corrected chi connectivity index (χ4v) is 1.23. The van der Waals surface area contributed by atoms with Gasteiger partial charge in [0.05, 0.1) is 13.2 Å². The predicted octanol–water partition coefficient (Wildman–Crippen LogP) is 1.56. The SMILES string of the molecule is Oc1cc(F)c2c(c1)COC2. The van der Waals surface area contributed by atoms with E-state index in [2.05, 4.69) is 0 Å². The van der Waals surface area contributed by atoms with Crippen molar-refractivity contribution in [1.82, 2.24) is 0 Å². The molecule has 0 aliphatic carbocycles. The Morgan fingerprint density at radius 1 is 1.36 bits per heavy atom. The van der Waals surface area contributed by atoms with Crippen molar-refractivity contribution in [2.45, 2.75) is 13.2 Å². The van der Waals surface area contributed by atoms with Crippen LogP contribution in [-0.4, -0.2) is 5.11 Å². The van der Waals surface area contributed by atoms with Crippen molar-refractivity contribution < 1.29 is 14.2 Å². The molecule has 0 unspecified atom stereocenters. The summed E-state index contributed by atoms with van der Waals surface area (Å²) in [4.78, 5) is 0. The van der Waals surface area contributed by atoms with Gasteiger partial charge in [0.15, 0.2) is 0 Å². The normalized spacial score (nSPS) is 15.0. The van der Waals surface area contributed by atoms with Crippen LogP contribution >= 0.6 is 0 Å². The first kappa shape index (κ1) is 6.61. The van der Waals surface area contributed by atoms with E-state index in [1.54, 1.807) is 0 Å². The molecule has 1 aliphatic heterocycles. The lowest BCUT2D eigenvalue weighted by atomic mass is 10.1. The summed E-state index contributed by atoms with van der Waals surface area (Å²) in [5.41, 5.74) is 1.32. The van der Waals surface area contributed by atoms with Crippen LogP contribution in [-0.2, 0) is 18.0 Å². The van der Waals surface area contributed by atoms with Crippen LogP contribution in [0.2, 0.25) is 0 Å². The molecule has 1 aliphatic rings. The number of rotatable bonds is 0. The first-order chi connectivity index (χ1) is 5.27. The van der Waals surface area contributed by atoms with Gasteiger partial charge < -0.3 is 9.84 Å². The summed E-state index contributed by atoms with van der Waals surface area (Å²) in [5, 5.41) is 8.98. The second-order valence-corrected chi connectivity index (χ2v) is 2.56. The lowest BCUT2D eigenvalue weighted by Gasteiger charge is -1.98. The molecule has 0 radical (unpaired) electrons. The zero-order chi connectivity index (χ0) is 7.84. The number of phenolic OH excluding ortho intramolecular Hbond substituents is 1. The number of ether oxygens (including phenoxy) is 1. The van der Waals surface area contributed by atoms with E-state index in [-0.39, 0.29) is 11.6 Å². The van der Waals surface area contributed by atoms with Crippen LogP contribution in [0.1, 0.15) is 11.1 Å². The average Bonchev–Trinajstić information content (AvgIpc) is 2.34. The molecule has 58 valence electrons. The molecule has 0 aromatic heterocycles. The highest BCUT2D eigenvalue weighted by Crippen LogP contribution is 2.26. The smallest absolute Gasteiger partial charge is 0.132 e. The van der Waals surface area contributed by atoms with Crippen LogP contribution in [0, 0.1) is 5.82 Å².